The number of allylic oxidation sites excluding steroid dienone is 8. The first kappa shape index (κ1) is 23.8. The van der Waals surface area contributed by atoms with Gasteiger partial charge in [-0.3, -0.25) is 12.2 Å². The van der Waals surface area contributed by atoms with Crippen LogP contribution in [0.5, 0.6) is 0 Å². The van der Waals surface area contributed by atoms with Gasteiger partial charge >= 0.3 is 25.8 Å². The van der Waals surface area contributed by atoms with Crippen LogP contribution in [0.3, 0.4) is 0 Å². The Balaban J connectivity index is -0.000000233. The normalized spacial score (nSPS) is 14.8. The molecule has 2 rings (SSSR count). The Labute approximate surface area is 135 Å². The maximum atomic E-state index is 3.26. The summed E-state index contributed by atoms with van der Waals surface area (Å²) in [5.74, 6) is 1.32. The van der Waals surface area contributed by atoms with Gasteiger partial charge in [0.1, 0.15) is 0 Å². The van der Waals surface area contributed by atoms with Crippen molar-refractivity contribution in [3.63, 3.8) is 0 Å². The zero-order valence-corrected chi connectivity index (χ0v) is 15.7. The van der Waals surface area contributed by atoms with Crippen molar-refractivity contribution >= 4 is 0 Å². The van der Waals surface area contributed by atoms with E-state index in [2.05, 4.69) is 64.2 Å². The van der Waals surface area contributed by atoms with Gasteiger partial charge in [-0.05, 0) is 0 Å². The molecule has 104 valence electrons. The molecule has 0 fully saturated rings. The maximum absolute atomic E-state index is 3.26. The van der Waals surface area contributed by atoms with Crippen molar-refractivity contribution in [2.24, 2.45) is 11.8 Å². The minimum atomic E-state index is 0. The Morgan fingerprint density at radius 1 is 0.789 bits per heavy atom. The van der Waals surface area contributed by atoms with Gasteiger partial charge in [0.25, 0.3) is 0 Å². The van der Waals surface area contributed by atoms with Gasteiger partial charge < -0.3 is 9.41 Å². The third-order valence-corrected chi connectivity index (χ3v) is 2.69. The number of hydrogen-bond acceptors (Lipinski definition) is 0. The Bertz CT molecular complexity index is 303. The molecule has 0 aromatic rings. The third kappa shape index (κ3) is 9.26. The molecule has 0 aromatic carbocycles. The van der Waals surface area contributed by atoms with Crippen molar-refractivity contribution in [1.29, 1.82) is 0 Å². The minimum Gasteiger partial charge on any atom is -1.00 e. The second-order valence-electron chi connectivity index (χ2n) is 4.79. The largest absolute Gasteiger partial charge is 4.00 e. The Morgan fingerprint density at radius 3 is 1.21 bits per heavy atom. The predicted octanol–water partition coefficient (Wildman–Crippen LogP) is -1.33. The van der Waals surface area contributed by atoms with Gasteiger partial charge in [0.2, 0.25) is 0 Å². The first-order chi connectivity index (χ1) is 7.61. The second-order valence-corrected chi connectivity index (χ2v) is 4.79. The van der Waals surface area contributed by atoms with Gasteiger partial charge in [0.05, 0.1) is 0 Å². The molecule has 0 atom stereocenters. The summed E-state index contributed by atoms with van der Waals surface area (Å²) in [7, 11) is 0. The number of halogens is 2. The molecule has 0 bridgehead atoms. The molecule has 0 nitrogen and oxygen atoms in total. The average molecular weight is 431 g/mol. The van der Waals surface area contributed by atoms with E-state index in [1.807, 2.05) is 0 Å². The van der Waals surface area contributed by atoms with Crippen LogP contribution in [-0.4, -0.2) is 0 Å². The molecule has 0 spiro atoms. The van der Waals surface area contributed by atoms with Gasteiger partial charge in [-0.25, -0.2) is 23.3 Å². The number of rotatable bonds is 2. The molecule has 2 aliphatic rings. The standard InChI is InChI=1S/2C8H11.2FH.Hf/c2*1-7(2)8-5-3-4-6-8;;;/h2*3,5,7H,4H2,1-2H3;2*1H;/q2*-1;;;+4/p-2. The first-order valence-electron chi connectivity index (χ1n) is 6.15. The summed E-state index contributed by atoms with van der Waals surface area (Å²) < 4.78 is 0. The van der Waals surface area contributed by atoms with Crippen LogP contribution in [0.15, 0.2) is 35.5 Å². The van der Waals surface area contributed by atoms with E-state index in [1.165, 1.54) is 11.1 Å². The third-order valence-electron chi connectivity index (χ3n) is 2.69. The quantitative estimate of drug-likeness (QED) is 0.376. The zero-order valence-electron chi connectivity index (χ0n) is 12.1. The van der Waals surface area contributed by atoms with Crippen LogP contribution in [-0.2, 0) is 25.8 Å². The van der Waals surface area contributed by atoms with E-state index >= 15 is 0 Å². The molecule has 0 N–H and O–H groups in total. The SMILES string of the molecule is CC(C)C1=[C-]CC=C1.CC(C)C1=[C-]CC=C1.[F-].[F-].[Hf+4]. The fraction of sp³-hybridized carbons (Fsp3) is 0.500. The van der Waals surface area contributed by atoms with Gasteiger partial charge in [-0.2, -0.15) is 12.2 Å². The Morgan fingerprint density at radius 2 is 1.11 bits per heavy atom. The maximum Gasteiger partial charge on any atom is 4.00 e. The minimum absolute atomic E-state index is 0. The summed E-state index contributed by atoms with van der Waals surface area (Å²) in [5.41, 5.74) is 2.73. The van der Waals surface area contributed by atoms with Crippen molar-refractivity contribution in [2.75, 3.05) is 0 Å². The van der Waals surface area contributed by atoms with Crippen LogP contribution in [0, 0.1) is 24.0 Å². The van der Waals surface area contributed by atoms with Gasteiger partial charge in [0, 0.05) is 0 Å². The van der Waals surface area contributed by atoms with Crippen LogP contribution >= 0.6 is 0 Å². The monoisotopic (exact) mass is 432 g/mol. The van der Waals surface area contributed by atoms with E-state index in [9.17, 15) is 0 Å². The summed E-state index contributed by atoms with van der Waals surface area (Å²) in [4.78, 5) is 0. The molecular weight excluding hydrogens is 409 g/mol. The molecule has 0 unspecified atom stereocenters. The van der Waals surface area contributed by atoms with Crippen molar-refractivity contribution in [2.45, 2.75) is 40.5 Å². The molecule has 0 heterocycles. The van der Waals surface area contributed by atoms with E-state index in [4.69, 9.17) is 0 Å². The topological polar surface area (TPSA) is 0 Å². The number of hydrogen-bond donors (Lipinski definition) is 0. The van der Waals surface area contributed by atoms with Gasteiger partial charge in [-0.1, -0.05) is 39.5 Å². The van der Waals surface area contributed by atoms with E-state index in [0.29, 0.717) is 11.8 Å². The molecule has 0 radical (unpaired) electrons. The Kier molecular flexibility index (Phi) is 15.9. The molecule has 0 aromatic heterocycles. The molecule has 0 amide bonds. The van der Waals surface area contributed by atoms with E-state index in [0.717, 1.165) is 12.8 Å². The summed E-state index contributed by atoms with van der Waals surface area (Å²) in [6, 6.07) is 0. The smallest absolute Gasteiger partial charge is 1.00 e. The molecular formula is C16H22F2Hf. The fourth-order valence-electron chi connectivity index (χ4n) is 1.64. The molecule has 0 saturated heterocycles. The first-order valence-corrected chi connectivity index (χ1v) is 6.15. The predicted molar refractivity (Wildman–Crippen MR) is 70.7 cm³/mol. The molecule has 0 aliphatic heterocycles. The molecule has 2 aliphatic carbocycles. The van der Waals surface area contributed by atoms with Crippen molar-refractivity contribution in [1.82, 2.24) is 0 Å². The van der Waals surface area contributed by atoms with Gasteiger partial charge in [0.15, 0.2) is 0 Å². The summed E-state index contributed by atoms with van der Waals surface area (Å²) in [6.45, 7) is 8.77. The fourth-order valence-corrected chi connectivity index (χ4v) is 1.64. The Hall–Kier alpha value is -0.310. The summed E-state index contributed by atoms with van der Waals surface area (Å²) in [6.07, 6.45) is 17.2. The van der Waals surface area contributed by atoms with Crippen LogP contribution in [0.1, 0.15) is 40.5 Å². The van der Waals surface area contributed by atoms with Crippen LogP contribution in [0.4, 0.5) is 0 Å². The average Bonchev–Trinajstić information content (AvgIpc) is 2.93. The van der Waals surface area contributed by atoms with Crippen LogP contribution in [0.25, 0.3) is 0 Å². The molecule has 3 heteroatoms. The van der Waals surface area contributed by atoms with E-state index in [1.54, 1.807) is 0 Å². The van der Waals surface area contributed by atoms with Crippen LogP contribution < -0.4 is 9.41 Å². The van der Waals surface area contributed by atoms with Crippen LogP contribution in [0.2, 0.25) is 0 Å². The summed E-state index contributed by atoms with van der Waals surface area (Å²) in [5, 5.41) is 0. The zero-order chi connectivity index (χ0) is 12.0. The summed E-state index contributed by atoms with van der Waals surface area (Å²) >= 11 is 0. The van der Waals surface area contributed by atoms with Crippen molar-refractivity contribution < 1.29 is 35.3 Å². The molecule has 19 heavy (non-hydrogen) atoms. The van der Waals surface area contributed by atoms with E-state index in [-0.39, 0.29) is 35.3 Å². The van der Waals surface area contributed by atoms with Gasteiger partial charge in [-0.15, -0.1) is 12.8 Å². The second kappa shape index (κ2) is 12.7. The van der Waals surface area contributed by atoms with Crippen molar-refractivity contribution in [3.8, 4) is 0 Å². The van der Waals surface area contributed by atoms with Crippen molar-refractivity contribution in [3.05, 3.63) is 47.6 Å². The van der Waals surface area contributed by atoms with E-state index < -0.39 is 0 Å². The molecule has 0 saturated carbocycles.